The molecule has 96 valence electrons. The minimum Gasteiger partial charge on any atom is -0.312 e. The summed E-state index contributed by atoms with van der Waals surface area (Å²) in [5, 5.41) is 3.22. The van der Waals surface area contributed by atoms with Gasteiger partial charge in [-0.05, 0) is 50.3 Å². The molecule has 0 spiro atoms. The standard InChI is InChI=1S/C14H22FNS/c1-5-6-17-9-13(16-4)14-11(3)7-10(2)8-12(14)15/h7-8,13,16H,5-6,9H2,1-4H3. The molecule has 0 saturated carbocycles. The Balaban J connectivity index is 2.87. The number of nitrogens with one attached hydrogen (secondary N) is 1. The fourth-order valence-electron chi connectivity index (χ4n) is 2.02. The van der Waals surface area contributed by atoms with Crippen LogP contribution < -0.4 is 5.32 Å². The van der Waals surface area contributed by atoms with Crippen LogP contribution in [-0.2, 0) is 0 Å². The lowest BCUT2D eigenvalue weighted by Gasteiger charge is -2.19. The van der Waals surface area contributed by atoms with E-state index in [2.05, 4.69) is 12.2 Å². The lowest BCUT2D eigenvalue weighted by Crippen LogP contribution is -2.21. The van der Waals surface area contributed by atoms with Gasteiger partial charge in [0, 0.05) is 17.4 Å². The van der Waals surface area contributed by atoms with Crippen molar-refractivity contribution in [2.75, 3.05) is 18.6 Å². The second-order valence-corrected chi connectivity index (χ2v) is 5.54. The van der Waals surface area contributed by atoms with Crippen LogP contribution in [0.3, 0.4) is 0 Å². The highest BCUT2D eigenvalue weighted by Gasteiger charge is 2.16. The van der Waals surface area contributed by atoms with E-state index in [-0.39, 0.29) is 11.9 Å². The molecule has 0 bridgehead atoms. The zero-order chi connectivity index (χ0) is 12.8. The van der Waals surface area contributed by atoms with Crippen LogP contribution in [0.1, 0.15) is 36.1 Å². The molecule has 0 fully saturated rings. The van der Waals surface area contributed by atoms with E-state index in [9.17, 15) is 4.39 Å². The molecule has 1 aromatic carbocycles. The first-order valence-electron chi connectivity index (χ1n) is 6.11. The first-order valence-corrected chi connectivity index (χ1v) is 7.27. The second-order valence-electron chi connectivity index (χ2n) is 4.39. The number of hydrogen-bond donors (Lipinski definition) is 1. The van der Waals surface area contributed by atoms with Crippen molar-refractivity contribution in [1.29, 1.82) is 0 Å². The molecule has 0 aromatic heterocycles. The third kappa shape index (κ3) is 4.00. The summed E-state index contributed by atoms with van der Waals surface area (Å²) in [5.41, 5.74) is 2.85. The predicted molar refractivity (Wildman–Crippen MR) is 75.3 cm³/mol. The lowest BCUT2D eigenvalue weighted by atomic mass is 9.99. The molecule has 0 radical (unpaired) electrons. The molecular formula is C14H22FNS. The second kappa shape index (κ2) is 7.02. The van der Waals surface area contributed by atoms with E-state index in [4.69, 9.17) is 0 Å². The highest BCUT2D eigenvalue weighted by molar-refractivity contribution is 7.99. The summed E-state index contributed by atoms with van der Waals surface area (Å²) >= 11 is 1.87. The fraction of sp³-hybridized carbons (Fsp3) is 0.571. The average molecular weight is 255 g/mol. The van der Waals surface area contributed by atoms with Crippen molar-refractivity contribution in [3.05, 3.63) is 34.6 Å². The normalized spacial score (nSPS) is 12.8. The van der Waals surface area contributed by atoms with Gasteiger partial charge in [0.2, 0.25) is 0 Å². The van der Waals surface area contributed by atoms with Crippen LogP contribution in [0, 0.1) is 19.7 Å². The molecule has 0 heterocycles. The van der Waals surface area contributed by atoms with Crippen LogP contribution in [0.25, 0.3) is 0 Å². The summed E-state index contributed by atoms with van der Waals surface area (Å²) in [6.07, 6.45) is 1.16. The number of rotatable bonds is 6. The number of halogens is 1. The Bertz CT molecular complexity index is 342. The molecule has 0 aliphatic rings. The first kappa shape index (κ1) is 14.5. The van der Waals surface area contributed by atoms with E-state index in [1.165, 1.54) is 0 Å². The monoisotopic (exact) mass is 255 g/mol. The summed E-state index contributed by atoms with van der Waals surface area (Å²) in [7, 11) is 1.90. The summed E-state index contributed by atoms with van der Waals surface area (Å²) in [5.74, 6) is 1.97. The molecule has 1 nitrogen and oxygen atoms in total. The molecular weight excluding hydrogens is 233 g/mol. The van der Waals surface area contributed by atoms with Crippen LogP contribution in [0.2, 0.25) is 0 Å². The maximum atomic E-state index is 14.0. The molecule has 1 unspecified atom stereocenters. The van der Waals surface area contributed by atoms with Crippen LogP contribution in [0.4, 0.5) is 4.39 Å². The van der Waals surface area contributed by atoms with Gasteiger partial charge in [-0.25, -0.2) is 4.39 Å². The maximum absolute atomic E-state index is 14.0. The molecule has 0 aliphatic heterocycles. The minimum atomic E-state index is -0.0843. The molecule has 3 heteroatoms. The van der Waals surface area contributed by atoms with Gasteiger partial charge in [-0.3, -0.25) is 0 Å². The molecule has 17 heavy (non-hydrogen) atoms. The molecule has 1 N–H and O–H groups in total. The largest absolute Gasteiger partial charge is 0.312 e. The van der Waals surface area contributed by atoms with Crippen molar-refractivity contribution in [3.8, 4) is 0 Å². The number of benzene rings is 1. The summed E-state index contributed by atoms with van der Waals surface area (Å²) in [6.45, 7) is 6.08. The molecule has 1 rings (SSSR count). The quantitative estimate of drug-likeness (QED) is 0.775. The van der Waals surface area contributed by atoms with Gasteiger partial charge in [0.15, 0.2) is 0 Å². The third-order valence-electron chi connectivity index (χ3n) is 2.81. The minimum absolute atomic E-state index is 0.0843. The van der Waals surface area contributed by atoms with Crippen molar-refractivity contribution in [1.82, 2.24) is 5.32 Å². The van der Waals surface area contributed by atoms with E-state index in [1.807, 2.05) is 38.7 Å². The number of thioether (sulfide) groups is 1. The SMILES string of the molecule is CCCSCC(NC)c1c(C)cc(C)cc1F. The van der Waals surface area contributed by atoms with E-state index in [1.54, 1.807) is 6.07 Å². The zero-order valence-corrected chi connectivity index (χ0v) is 12.0. The van der Waals surface area contributed by atoms with Crippen molar-refractivity contribution < 1.29 is 4.39 Å². The molecule has 0 amide bonds. The Morgan fingerprint density at radius 3 is 2.59 bits per heavy atom. The first-order chi connectivity index (χ1) is 8.10. The van der Waals surface area contributed by atoms with Gasteiger partial charge in [0.1, 0.15) is 5.82 Å². The predicted octanol–water partition coefficient (Wildman–Crippen LogP) is 3.85. The molecule has 1 atom stereocenters. The van der Waals surface area contributed by atoms with Crippen molar-refractivity contribution in [2.24, 2.45) is 0 Å². The zero-order valence-electron chi connectivity index (χ0n) is 11.1. The summed E-state index contributed by atoms with van der Waals surface area (Å²) in [6, 6.07) is 3.77. The van der Waals surface area contributed by atoms with Gasteiger partial charge in [-0.15, -0.1) is 0 Å². The van der Waals surface area contributed by atoms with Gasteiger partial charge >= 0.3 is 0 Å². The Labute approximate surface area is 108 Å². The molecule has 0 saturated heterocycles. The Morgan fingerprint density at radius 1 is 1.35 bits per heavy atom. The van der Waals surface area contributed by atoms with Crippen LogP contribution in [0.5, 0.6) is 0 Å². The van der Waals surface area contributed by atoms with Crippen molar-refractivity contribution >= 4 is 11.8 Å². The van der Waals surface area contributed by atoms with Gasteiger partial charge in [0.05, 0.1) is 0 Å². The Hall–Kier alpha value is -0.540. The average Bonchev–Trinajstić information content (AvgIpc) is 2.25. The van der Waals surface area contributed by atoms with Crippen LogP contribution in [-0.4, -0.2) is 18.6 Å². The van der Waals surface area contributed by atoms with Crippen LogP contribution >= 0.6 is 11.8 Å². The van der Waals surface area contributed by atoms with E-state index < -0.39 is 0 Å². The highest BCUT2D eigenvalue weighted by atomic mass is 32.2. The Kier molecular flexibility index (Phi) is 6.00. The number of aryl methyl sites for hydroxylation is 2. The van der Waals surface area contributed by atoms with E-state index >= 15 is 0 Å². The molecule has 0 aliphatic carbocycles. The maximum Gasteiger partial charge on any atom is 0.128 e. The van der Waals surface area contributed by atoms with Gasteiger partial charge in [0.25, 0.3) is 0 Å². The fourth-order valence-corrected chi connectivity index (χ4v) is 3.05. The van der Waals surface area contributed by atoms with Crippen molar-refractivity contribution in [2.45, 2.75) is 33.2 Å². The highest BCUT2D eigenvalue weighted by Crippen LogP contribution is 2.25. The Morgan fingerprint density at radius 2 is 2.06 bits per heavy atom. The van der Waals surface area contributed by atoms with Gasteiger partial charge in [-0.2, -0.15) is 11.8 Å². The summed E-state index contributed by atoms with van der Waals surface area (Å²) < 4.78 is 14.0. The number of hydrogen-bond acceptors (Lipinski definition) is 2. The smallest absolute Gasteiger partial charge is 0.128 e. The van der Waals surface area contributed by atoms with Gasteiger partial charge < -0.3 is 5.32 Å². The third-order valence-corrected chi connectivity index (χ3v) is 4.08. The van der Waals surface area contributed by atoms with E-state index in [0.29, 0.717) is 0 Å². The van der Waals surface area contributed by atoms with Crippen molar-refractivity contribution in [3.63, 3.8) is 0 Å². The van der Waals surface area contributed by atoms with Crippen LogP contribution in [0.15, 0.2) is 12.1 Å². The van der Waals surface area contributed by atoms with Gasteiger partial charge in [-0.1, -0.05) is 13.0 Å². The topological polar surface area (TPSA) is 12.0 Å². The summed E-state index contributed by atoms with van der Waals surface area (Å²) in [4.78, 5) is 0. The molecule has 1 aromatic rings. The lowest BCUT2D eigenvalue weighted by molar-refractivity contribution is 0.561. The van der Waals surface area contributed by atoms with E-state index in [0.717, 1.165) is 34.6 Å².